The Morgan fingerprint density at radius 3 is 0.698 bits per heavy atom. The van der Waals surface area contributed by atoms with E-state index in [2.05, 4.69) is 365 Å². The van der Waals surface area contributed by atoms with Crippen LogP contribution in [0.4, 0.5) is 34.1 Å². The van der Waals surface area contributed by atoms with E-state index in [4.69, 9.17) is 0 Å². The van der Waals surface area contributed by atoms with Gasteiger partial charge in [-0.15, -0.1) is 0 Å². The molecule has 0 unspecified atom stereocenters. The highest BCUT2D eigenvalue weighted by Gasteiger charge is 2.18. The molecule has 0 aliphatic rings. The molecule has 0 fully saturated rings. The fourth-order valence-corrected chi connectivity index (χ4v) is 11.7. The molecule has 0 saturated heterocycles. The molecule has 14 rings (SSSR count). The topological polar surface area (TPSA) is 6.48 Å². The first kappa shape index (κ1) is 54.4. The lowest BCUT2D eigenvalue weighted by molar-refractivity contribution is 1.27. The Hall–Kier alpha value is -10.8. The summed E-state index contributed by atoms with van der Waals surface area (Å²) in [6.07, 6.45) is 8.70. The fraction of sp³-hybridized carbons (Fsp3) is 0.0476. The Bertz CT molecular complexity index is 4270. The van der Waals surface area contributed by atoms with Gasteiger partial charge in [-0.3, -0.25) is 0 Å². The maximum absolute atomic E-state index is 2.33. The van der Waals surface area contributed by atoms with Crippen LogP contribution in [-0.2, 0) is 0 Å². The van der Waals surface area contributed by atoms with Gasteiger partial charge in [0.25, 0.3) is 0 Å². The van der Waals surface area contributed by atoms with Gasteiger partial charge in [-0.25, -0.2) is 0 Å². The summed E-state index contributed by atoms with van der Waals surface area (Å²) in [5.74, 6) is 0. The average molecular weight is 1100 g/mol. The van der Waals surface area contributed by atoms with Crippen LogP contribution in [0.3, 0.4) is 0 Å². The predicted molar refractivity (Wildman–Crippen MR) is 373 cm³/mol. The number of rotatable bonds is 12. The molecule has 86 heavy (non-hydrogen) atoms. The second-order valence-electron chi connectivity index (χ2n) is 22.5. The molecule has 0 heterocycles. The fourth-order valence-electron chi connectivity index (χ4n) is 11.7. The standard InChI is InChI=1S/C50H44N2.C34H22/c1-37-5-25-45(26-6-37)51(46-27-7-38(2)8-28-46)49-33-21-43(22-34-49)19-17-41-13-15-42(16-14-41)18-20-44-23-35-50(36-24-44)52(47-29-9-39(3)10-30-47)48-31-11-40(4)12-32-48;1-3-11-25-21-27(19-17-23(25)9-1)33-29-13-5-7-15-31(29)34(32-16-8-6-14-30(32)33)28-20-18-24-10-2-4-12-26(24)22-28/h5-36H,1-4H3;1-22H/b19-17+,20-18+;. The van der Waals surface area contributed by atoms with Gasteiger partial charge in [0.05, 0.1) is 0 Å². The Balaban J connectivity index is 0.000000173. The maximum Gasteiger partial charge on any atom is 0.0462 e. The third-order valence-electron chi connectivity index (χ3n) is 16.4. The van der Waals surface area contributed by atoms with E-state index in [1.165, 1.54) is 98.7 Å². The lowest BCUT2D eigenvalue weighted by Gasteiger charge is -2.25. The zero-order valence-electron chi connectivity index (χ0n) is 49.1. The molecule has 0 spiro atoms. The van der Waals surface area contributed by atoms with Gasteiger partial charge in [0.15, 0.2) is 0 Å². The molecule has 0 aliphatic carbocycles. The quantitative estimate of drug-likeness (QED) is 0.0889. The van der Waals surface area contributed by atoms with Crippen LogP contribution in [0.15, 0.2) is 303 Å². The summed E-state index contributed by atoms with van der Waals surface area (Å²) < 4.78 is 0. The largest absolute Gasteiger partial charge is 0.311 e. The van der Waals surface area contributed by atoms with Crippen molar-refractivity contribution in [3.05, 3.63) is 348 Å². The van der Waals surface area contributed by atoms with Crippen LogP contribution in [0.2, 0.25) is 0 Å². The first-order chi connectivity index (χ1) is 42.2. The third-order valence-corrected chi connectivity index (χ3v) is 16.4. The molecule has 412 valence electrons. The summed E-state index contributed by atoms with van der Waals surface area (Å²) in [7, 11) is 0. The molecule has 2 heteroatoms. The molecule has 2 nitrogen and oxygen atoms in total. The lowest BCUT2D eigenvalue weighted by atomic mass is 9.85. The zero-order valence-corrected chi connectivity index (χ0v) is 49.1. The van der Waals surface area contributed by atoms with Gasteiger partial charge >= 0.3 is 0 Å². The summed E-state index contributed by atoms with van der Waals surface area (Å²) in [4.78, 5) is 4.61. The molecule has 0 radical (unpaired) electrons. The van der Waals surface area contributed by atoms with E-state index in [-0.39, 0.29) is 0 Å². The molecular weight excluding hydrogens is 1040 g/mol. The lowest BCUT2D eigenvalue weighted by Crippen LogP contribution is -2.09. The summed E-state index contributed by atoms with van der Waals surface area (Å²) in [6, 6.07) is 110. The van der Waals surface area contributed by atoms with Gasteiger partial charge < -0.3 is 9.80 Å². The van der Waals surface area contributed by atoms with Crippen molar-refractivity contribution >= 4 is 102 Å². The minimum absolute atomic E-state index is 1.13. The number of hydrogen-bond acceptors (Lipinski definition) is 2. The highest BCUT2D eigenvalue weighted by molar-refractivity contribution is 6.22. The summed E-state index contributed by atoms with van der Waals surface area (Å²) in [6.45, 7) is 8.50. The molecule has 0 saturated carbocycles. The molecule has 0 atom stereocenters. The van der Waals surface area contributed by atoms with Crippen molar-refractivity contribution in [2.24, 2.45) is 0 Å². The highest BCUT2D eigenvalue weighted by Crippen LogP contribution is 2.45. The van der Waals surface area contributed by atoms with Crippen LogP contribution >= 0.6 is 0 Å². The predicted octanol–water partition coefficient (Wildman–Crippen LogP) is 23.8. The smallest absolute Gasteiger partial charge is 0.0462 e. The highest BCUT2D eigenvalue weighted by atomic mass is 15.1. The molecular formula is C84H66N2. The van der Waals surface area contributed by atoms with Crippen LogP contribution in [0.25, 0.3) is 89.6 Å². The van der Waals surface area contributed by atoms with Crippen LogP contribution in [-0.4, -0.2) is 0 Å². The van der Waals surface area contributed by atoms with E-state index < -0.39 is 0 Å². The monoisotopic (exact) mass is 1100 g/mol. The molecule has 0 bridgehead atoms. The molecule has 0 N–H and O–H groups in total. The van der Waals surface area contributed by atoms with Crippen molar-refractivity contribution in [1.82, 2.24) is 0 Å². The zero-order chi connectivity index (χ0) is 58.3. The van der Waals surface area contributed by atoms with E-state index in [0.29, 0.717) is 0 Å². The van der Waals surface area contributed by atoms with Crippen LogP contribution in [0.1, 0.15) is 44.5 Å². The van der Waals surface area contributed by atoms with Gasteiger partial charge in [-0.05, 0) is 200 Å². The van der Waals surface area contributed by atoms with Crippen LogP contribution in [0, 0.1) is 27.7 Å². The first-order valence-corrected chi connectivity index (χ1v) is 29.7. The van der Waals surface area contributed by atoms with E-state index in [9.17, 15) is 0 Å². The van der Waals surface area contributed by atoms with Crippen molar-refractivity contribution in [1.29, 1.82) is 0 Å². The van der Waals surface area contributed by atoms with E-state index in [0.717, 1.165) is 45.3 Å². The van der Waals surface area contributed by atoms with Crippen LogP contribution in [0.5, 0.6) is 0 Å². The normalized spacial score (nSPS) is 11.4. The SMILES string of the molecule is Cc1ccc(N(c2ccc(C)cc2)c2ccc(/C=C/c3ccc(/C=C/c4ccc(N(c5ccc(C)cc5)c5ccc(C)cc5)cc4)cc3)cc2)cc1.c1ccc2cc(-c3c4ccccc4c(-c4ccc5ccccc5c4)c4ccccc34)ccc2c1. The average Bonchev–Trinajstić information content (AvgIpc) is 3.76. The van der Waals surface area contributed by atoms with Crippen molar-refractivity contribution in [2.75, 3.05) is 9.80 Å². The second-order valence-corrected chi connectivity index (χ2v) is 22.5. The maximum atomic E-state index is 2.33. The number of hydrogen-bond donors (Lipinski definition) is 0. The van der Waals surface area contributed by atoms with Gasteiger partial charge in [0.1, 0.15) is 0 Å². The Morgan fingerprint density at radius 2 is 0.430 bits per heavy atom. The Labute approximate surface area is 506 Å². The summed E-state index contributed by atoms with van der Waals surface area (Å²) in [5, 5.41) is 10.2. The van der Waals surface area contributed by atoms with Gasteiger partial charge in [-0.1, -0.05) is 265 Å². The number of benzene rings is 14. The van der Waals surface area contributed by atoms with Crippen molar-refractivity contribution < 1.29 is 0 Å². The number of anilines is 6. The second kappa shape index (κ2) is 24.6. The number of aryl methyl sites for hydroxylation is 4. The molecule has 14 aromatic rings. The molecule has 0 aromatic heterocycles. The molecule has 14 aromatic carbocycles. The van der Waals surface area contributed by atoms with Crippen molar-refractivity contribution in [3.63, 3.8) is 0 Å². The Kier molecular flexibility index (Phi) is 15.6. The van der Waals surface area contributed by atoms with Crippen molar-refractivity contribution in [3.8, 4) is 22.3 Å². The minimum atomic E-state index is 1.13. The van der Waals surface area contributed by atoms with E-state index in [1.54, 1.807) is 0 Å². The van der Waals surface area contributed by atoms with E-state index in [1.807, 2.05) is 0 Å². The van der Waals surface area contributed by atoms with E-state index >= 15 is 0 Å². The summed E-state index contributed by atoms with van der Waals surface area (Å²) in [5.41, 5.74) is 21.6. The Morgan fingerprint density at radius 1 is 0.209 bits per heavy atom. The molecule has 0 amide bonds. The third kappa shape index (κ3) is 11.9. The van der Waals surface area contributed by atoms with Gasteiger partial charge in [0.2, 0.25) is 0 Å². The number of fused-ring (bicyclic) bond motifs is 4. The van der Waals surface area contributed by atoms with Crippen LogP contribution < -0.4 is 9.80 Å². The van der Waals surface area contributed by atoms with Crippen molar-refractivity contribution in [2.45, 2.75) is 27.7 Å². The minimum Gasteiger partial charge on any atom is -0.311 e. The van der Waals surface area contributed by atoms with Gasteiger partial charge in [0, 0.05) is 34.1 Å². The summed E-state index contributed by atoms with van der Waals surface area (Å²) >= 11 is 0. The van der Waals surface area contributed by atoms with Gasteiger partial charge in [-0.2, -0.15) is 0 Å². The first-order valence-electron chi connectivity index (χ1n) is 29.7. The number of nitrogens with zero attached hydrogens (tertiary/aromatic N) is 2. The molecule has 0 aliphatic heterocycles.